The summed E-state index contributed by atoms with van der Waals surface area (Å²) in [5, 5.41) is 0. The van der Waals surface area contributed by atoms with Crippen molar-refractivity contribution in [3.8, 4) is 0 Å². The van der Waals surface area contributed by atoms with E-state index in [0.29, 0.717) is 0 Å². The van der Waals surface area contributed by atoms with Gasteiger partial charge >= 0.3 is 37.3 Å². The summed E-state index contributed by atoms with van der Waals surface area (Å²) in [4.78, 5) is 0. The molecule has 0 radical (unpaired) electrons. The molecule has 0 saturated carbocycles. The van der Waals surface area contributed by atoms with Crippen molar-refractivity contribution in [3.63, 3.8) is 0 Å². The van der Waals surface area contributed by atoms with Crippen LogP contribution in [0.2, 0.25) is 0 Å². The van der Waals surface area contributed by atoms with Crippen molar-refractivity contribution in [1.82, 2.24) is 0 Å². The maximum atomic E-state index is 8.38. The van der Waals surface area contributed by atoms with Crippen molar-refractivity contribution in [2.45, 2.75) is 0 Å². The third-order valence-electron chi connectivity index (χ3n) is 0. The van der Waals surface area contributed by atoms with Gasteiger partial charge < -0.3 is 21.9 Å². The summed E-state index contributed by atoms with van der Waals surface area (Å²) >= 11 is 0.125. The Labute approximate surface area is 59.0 Å². The molecule has 0 aliphatic carbocycles. The van der Waals surface area contributed by atoms with E-state index in [-0.39, 0.29) is 57.8 Å². The molecular formula is H8CaO5. The third-order valence-corrected chi connectivity index (χ3v) is 0. The van der Waals surface area contributed by atoms with Gasteiger partial charge in [-0.25, -0.2) is 0 Å². The minimum absolute atomic E-state index is 0. The van der Waals surface area contributed by atoms with Gasteiger partial charge in [0.15, 0.2) is 0 Å². The van der Waals surface area contributed by atoms with Crippen LogP contribution in [-0.4, -0.2) is 57.8 Å². The number of rotatable bonds is 0. The Morgan fingerprint density at radius 3 is 0.667 bits per heavy atom. The first kappa shape index (κ1) is 66.5. The summed E-state index contributed by atoms with van der Waals surface area (Å²) in [6, 6.07) is 0. The van der Waals surface area contributed by atoms with Gasteiger partial charge in [-0.05, 0) is 0 Å². The average Bonchev–Trinajstić information content (AvgIpc) is 1.00. The molecular weight excluding hydrogens is 120 g/mol. The van der Waals surface area contributed by atoms with Gasteiger partial charge in [0.2, 0.25) is 0 Å². The zero-order chi connectivity index (χ0) is 2.00. The topological polar surface area (TPSA) is 143 Å². The summed E-state index contributed by atoms with van der Waals surface area (Å²) in [5.74, 6) is 0. The molecule has 8 N–H and O–H groups in total. The van der Waals surface area contributed by atoms with Gasteiger partial charge in [0.05, 0.1) is 0 Å². The Hall–Kier alpha value is 0.900. The van der Waals surface area contributed by atoms with E-state index in [2.05, 4.69) is 0 Å². The van der Waals surface area contributed by atoms with Crippen molar-refractivity contribution in [2.24, 2.45) is 0 Å². The summed E-state index contributed by atoms with van der Waals surface area (Å²) in [6.07, 6.45) is 0. The van der Waals surface area contributed by atoms with Gasteiger partial charge in [0, 0.05) is 0 Å². The molecule has 0 aromatic carbocycles. The second-order valence-electron chi connectivity index (χ2n) is 0. The van der Waals surface area contributed by atoms with Crippen LogP contribution in [0.3, 0.4) is 0 Å². The second-order valence-corrected chi connectivity index (χ2v) is 0. The molecule has 0 heterocycles. The summed E-state index contributed by atoms with van der Waals surface area (Å²) < 4.78 is 8.38. The van der Waals surface area contributed by atoms with Crippen LogP contribution in [0.4, 0.5) is 0 Å². The monoisotopic (exact) mass is 128 g/mol. The van der Waals surface area contributed by atoms with Gasteiger partial charge in [-0.3, -0.25) is 0 Å². The molecule has 0 rings (SSSR count). The van der Waals surface area contributed by atoms with E-state index in [4.69, 9.17) is 1.43 Å². The molecule has 0 spiro atoms. The van der Waals surface area contributed by atoms with E-state index in [1.807, 2.05) is 0 Å². The molecule has 0 fully saturated rings. The molecule has 0 saturated heterocycles. The average molecular weight is 128 g/mol. The van der Waals surface area contributed by atoms with E-state index in [1.165, 1.54) is 0 Å². The Morgan fingerprint density at radius 1 is 0.667 bits per heavy atom. The zero-order valence-electron chi connectivity index (χ0n) is 3.12. The van der Waals surface area contributed by atoms with Crippen molar-refractivity contribution in [2.75, 3.05) is 0 Å². The Bertz CT molecular complexity index is 3.90. The van der Waals surface area contributed by atoms with Crippen LogP contribution < -0.4 is 0 Å². The van der Waals surface area contributed by atoms with Crippen LogP contribution in [0.1, 0.15) is 0 Å². The molecule has 0 aliphatic rings. The molecule has 40 valence electrons. The van der Waals surface area contributed by atoms with Crippen molar-refractivity contribution < 1.29 is 23.3 Å². The van der Waals surface area contributed by atoms with E-state index in [9.17, 15) is 0 Å². The fraction of sp³-hybridized carbons (Fsp3) is 0. The molecule has 0 aliphatic heterocycles. The molecule has 0 amide bonds. The quantitative estimate of drug-likeness (QED) is 0.303. The molecule has 0 aromatic rings. The van der Waals surface area contributed by atoms with Crippen molar-refractivity contribution in [1.29, 1.82) is 0 Å². The molecule has 5 nitrogen and oxygen atoms in total. The Balaban J connectivity index is -0.000000000833. The van der Waals surface area contributed by atoms with Gasteiger partial charge in [-0.1, -0.05) is 0 Å². The maximum absolute atomic E-state index is 8.38. The van der Waals surface area contributed by atoms with Crippen LogP contribution in [0.15, 0.2) is 0 Å². The molecule has 0 unspecified atom stereocenters. The Kier molecular flexibility index (Phi) is 1940. The van der Waals surface area contributed by atoms with Crippen molar-refractivity contribution >= 4 is 35.9 Å². The second kappa shape index (κ2) is 175. The third kappa shape index (κ3) is 92.0. The zero-order valence-corrected chi connectivity index (χ0v) is 5.32. The molecule has 0 atom stereocenters. The first-order chi connectivity index (χ1) is 1.00. The van der Waals surface area contributed by atoms with Crippen LogP contribution >= 0.6 is 0 Å². The minimum atomic E-state index is 0. The van der Waals surface area contributed by atoms with Gasteiger partial charge in [0.25, 0.3) is 0 Å². The fourth-order valence-corrected chi connectivity index (χ4v) is 0. The van der Waals surface area contributed by atoms with Crippen LogP contribution in [0.5, 0.6) is 0 Å². The van der Waals surface area contributed by atoms with Gasteiger partial charge in [-0.15, -0.1) is 0 Å². The fourth-order valence-electron chi connectivity index (χ4n) is 0. The molecule has 0 aromatic heterocycles. The Morgan fingerprint density at radius 2 is 0.667 bits per heavy atom. The predicted octanol–water partition coefficient (Wildman–Crippen LogP) is -3.80. The summed E-state index contributed by atoms with van der Waals surface area (Å²) in [7, 11) is 0. The van der Waals surface area contributed by atoms with Crippen molar-refractivity contribution in [3.05, 3.63) is 0 Å². The number of hydrogen-bond donors (Lipinski definition) is 0. The van der Waals surface area contributed by atoms with Gasteiger partial charge in [0.1, 0.15) is 0 Å². The standard InChI is InChI=1S/Ca.4H2O.O/h;4*1H2;. The first-order valence-electron chi connectivity index (χ1n) is 0.289. The van der Waals surface area contributed by atoms with E-state index < -0.39 is 0 Å². The van der Waals surface area contributed by atoms with Crippen LogP contribution in [-0.2, 0) is 1.43 Å². The van der Waals surface area contributed by atoms with Crippen LogP contribution in [0, 0.1) is 0 Å². The van der Waals surface area contributed by atoms with E-state index in [0.717, 1.165) is 0 Å². The molecule has 6 heavy (non-hydrogen) atoms. The van der Waals surface area contributed by atoms with Gasteiger partial charge in [-0.2, -0.15) is 0 Å². The van der Waals surface area contributed by atoms with E-state index >= 15 is 0 Å². The molecule has 6 heteroatoms. The summed E-state index contributed by atoms with van der Waals surface area (Å²) in [5.41, 5.74) is 0. The van der Waals surface area contributed by atoms with Crippen LogP contribution in [0.25, 0.3) is 0 Å². The molecule has 0 bridgehead atoms. The summed E-state index contributed by atoms with van der Waals surface area (Å²) in [6.45, 7) is 0. The normalized spacial score (nSPS) is 1.00. The van der Waals surface area contributed by atoms with E-state index in [1.54, 1.807) is 0 Å². The number of hydrogen-bond acceptors (Lipinski definition) is 1. The SMILES string of the molecule is O.O.O.O.[O]=[Ca]. The first-order valence-corrected chi connectivity index (χ1v) is 1.19. The predicted molar refractivity (Wildman–Crippen MR) is 20.9 cm³/mol.